The number of carbonyl (C=O) groups excluding carboxylic acids is 2. The fourth-order valence-electron chi connectivity index (χ4n) is 2.97. The fourth-order valence-corrected chi connectivity index (χ4v) is 3.17. The minimum absolute atomic E-state index is 0.126. The first-order chi connectivity index (χ1) is 12.4. The van der Waals surface area contributed by atoms with Gasteiger partial charge in [0.05, 0.1) is 10.6 Å². The van der Waals surface area contributed by atoms with E-state index in [2.05, 4.69) is 15.2 Å². The highest BCUT2D eigenvalue weighted by Crippen LogP contribution is 2.23. The molecule has 0 bridgehead atoms. The number of rotatable bonds is 3. The molecule has 1 fully saturated rings. The molecule has 1 aromatic heterocycles. The van der Waals surface area contributed by atoms with E-state index in [1.807, 2.05) is 19.1 Å². The van der Waals surface area contributed by atoms with Gasteiger partial charge in [-0.15, -0.1) is 0 Å². The van der Waals surface area contributed by atoms with E-state index in [1.165, 1.54) is 6.92 Å². The largest absolute Gasteiger partial charge is 0.353 e. The number of nitrogens with one attached hydrogen (secondary N) is 1. The van der Waals surface area contributed by atoms with Crippen LogP contribution in [0.1, 0.15) is 22.8 Å². The Kier molecular flexibility index (Phi) is 5.42. The van der Waals surface area contributed by atoms with E-state index >= 15 is 0 Å². The number of hydrogen-bond donors (Lipinski definition) is 1. The van der Waals surface area contributed by atoms with Crippen molar-refractivity contribution in [3.63, 3.8) is 0 Å². The number of aromatic nitrogens is 1. The van der Waals surface area contributed by atoms with Crippen molar-refractivity contribution in [3.05, 3.63) is 52.7 Å². The van der Waals surface area contributed by atoms with E-state index in [-0.39, 0.29) is 11.8 Å². The molecule has 7 heteroatoms. The highest BCUT2D eigenvalue weighted by molar-refractivity contribution is 6.34. The predicted octanol–water partition coefficient (Wildman–Crippen LogP) is 2.96. The van der Waals surface area contributed by atoms with E-state index in [0.29, 0.717) is 42.5 Å². The quantitative estimate of drug-likeness (QED) is 0.899. The number of piperazine rings is 1. The Morgan fingerprint density at radius 1 is 1.12 bits per heavy atom. The van der Waals surface area contributed by atoms with Crippen LogP contribution in [0, 0.1) is 6.92 Å². The Morgan fingerprint density at radius 3 is 2.50 bits per heavy atom. The van der Waals surface area contributed by atoms with E-state index < -0.39 is 0 Å². The van der Waals surface area contributed by atoms with Gasteiger partial charge in [-0.2, -0.15) is 0 Å². The lowest BCUT2D eigenvalue weighted by Gasteiger charge is -2.35. The summed E-state index contributed by atoms with van der Waals surface area (Å²) in [5, 5.41) is 3.06. The van der Waals surface area contributed by atoms with Gasteiger partial charge in [0.15, 0.2) is 0 Å². The summed E-state index contributed by atoms with van der Waals surface area (Å²) in [7, 11) is 0. The van der Waals surface area contributed by atoms with E-state index in [1.54, 1.807) is 29.3 Å². The lowest BCUT2D eigenvalue weighted by molar-refractivity contribution is -0.114. The molecule has 0 spiro atoms. The second-order valence-electron chi connectivity index (χ2n) is 6.35. The van der Waals surface area contributed by atoms with Crippen molar-refractivity contribution in [1.29, 1.82) is 0 Å². The zero-order chi connectivity index (χ0) is 18.7. The number of hydrogen-bond acceptors (Lipinski definition) is 4. The summed E-state index contributed by atoms with van der Waals surface area (Å²) in [6.07, 6.45) is 1.80. The Hall–Kier alpha value is -2.60. The summed E-state index contributed by atoms with van der Waals surface area (Å²) < 4.78 is 0. The molecule has 1 aromatic carbocycles. The third kappa shape index (κ3) is 4.14. The van der Waals surface area contributed by atoms with Gasteiger partial charge in [-0.3, -0.25) is 9.59 Å². The van der Waals surface area contributed by atoms with Gasteiger partial charge < -0.3 is 15.1 Å². The molecule has 0 atom stereocenters. The van der Waals surface area contributed by atoms with Crippen LogP contribution in [-0.4, -0.2) is 47.9 Å². The van der Waals surface area contributed by atoms with Gasteiger partial charge in [-0.1, -0.05) is 11.6 Å². The Morgan fingerprint density at radius 2 is 1.85 bits per heavy atom. The number of anilines is 2. The van der Waals surface area contributed by atoms with Crippen LogP contribution in [0.3, 0.4) is 0 Å². The highest BCUT2D eigenvalue weighted by Gasteiger charge is 2.24. The third-order valence-electron chi connectivity index (χ3n) is 4.31. The molecule has 3 rings (SSSR count). The number of aryl methyl sites for hydroxylation is 1. The summed E-state index contributed by atoms with van der Waals surface area (Å²) in [5.41, 5.74) is 2.13. The van der Waals surface area contributed by atoms with Crippen molar-refractivity contribution in [2.24, 2.45) is 0 Å². The first kappa shape index (κ1) is 18.2. The average Bonchev–Trinajstić information content (AvgIpc) is 2.62. The highest BCUT2D eigenvalue weighted by atomic mass is 35.5. The first-order valence-corrected chi connectivity index (χ1v) is 8.86. The normalized spacial score (nSPS) is 14.3. The molecule has 2 heterocycles. The molecule has 1 aliphatic heterocycles. The van der Waals surface area contributed by atoms with Gasteiger partial charge >= 0.3 is 0 Å². The molecule has 1 N–H and O–H groups in total. The van der Waals surface area contributed by atoms with Crippen LogP contribution in [0.25, 0.3) is 0 Å². The van der Waals surface area contributed by atoms with Gasteiger partial charge in [-0.05, 0) is 42.8 Å². The number of carbonyl (C=O) groups is 2. The molecular formula is C19H21ClN4O2. The standard InChI is InChI=1S/C19H21ClN4O2/c1-13-5-6-21-18(11-13)23-7-9-24(10-8-23)19(26)16-12-15(22-14(2)25)3-4-17(16)20/h3-6,11-12H,7-10H2,1-2H3,(H,22,25). The summed E-state index contributed by atoms with van der Waals surface area (Å²) >= 11 is 6.21. The van der Waals surface area contributed by atoms with Gasteiger partial charge in [0, 0.05) is 45.0 Å². The number of pyridine rings is 1. The van der Waals surface area contributed by atoms with Crippen molar-refractivity contribution < 1.29 is 9.59 Å². The topological polar surface area (TPSA) is 65.5 Å². The van der Waals surface area contributed by atoms with Crippen molar-refractivity contribution >= 4 is 34.9 Å². The molecule has 1 aliphatic rings. The van der Waals surface area contributed by atoms with Crippen molar-refractivity contribution in [2.45, 2.75) is 13.8 Å². The molecule has 0 radical (unpaired) electrons. The van der Waals surface area contributed by atoms with Gasteiger partial charge in [0.25, 0.3) is 5.91 Å². The van der Waals surface area contributed by atoms with Crippen molar-refractivity contribution in [1.82, 2.24) is 9.88 Å². The number of nitrogens with zero attached hydrogens (tertiary/aromatic N) is 3. The Balaban J connectivity index is 1.69. The van der Waals surface area contributed by atoms with Crippen LogP contribution >= 0.6 is 11.6 Å². The molecule has 26 heavy (non-hydrogen) atoms. The Labute approximate surface area is 157 Å². The molecule has 1 saturated heterocycles. The van der Waals surface area contributed by atoms with E-state index in [9.17, 15) is 9.59 Å². The van der Waals surface area contributed by atoms with E-state index in [0.717, 1.165) is 11.4 Å². The zero-order valence-corrected chi connectivity index (χ0v) is 15.6. The third-order valence-corrected chi connectivity index (χ3v) is 4.64. The van der Waals surface area contributed by atoms with E-state index in [4.69, 9.17) is 11.6 Å². The second-order valence-corrected chi connectivity index (χ2v) is 6.75. The van der Waals surface area contributed by atoms with Gasteiger partial charge in [0.2, 0.25) is 5.91 Å². The zero-order valence-electron chi connectivity index (χ0n) is 14.8. The molecule has 0 saturated carbocycles. The van der Waals surface area contributed by atoms with Gasteiger partial charge in [-0.25, -0.2) is 4.98 Å². The second kappa shape index (κ2) is 7.74. The van der Waals surface area contributed by atoms with Crippen LogP contribution < -0.4 is 10.2 Å². The average molecular weight is 373 g/mol. The number of benzene rings is 1. The maximum atomic E-state index is 12.9. The first-order valence-electron chi connectivity index (χ1n) is 8.48. The predicted molar refractivity (Wildman–Crippen MR) is 103 cm³/mol. The monoisotopic (exact) mass is 372 g/mol. The molecular weight excluding hydrogens is 352 g/mol. The van der Waals surface area contributed by atoms with Crippen LogP contribution in [-0.2, 0) is 4.79 Å². The fraction of sp³-hybridized carbons (Fsp3) is 0.316. The minimum atomic E-state index is -0.190. The smallest absolute Gasteiger partial charge is 0.255 e. The summed E-state index contributed by atoms with van der Waals surface area (Å²) in [6.45, 7) is 6.07. The maximum Gasteiger partial charge on any atom is 0.255 e. The summed E-state index contributed by atoms with van der Waals surface area (Å²) in [5.74, 6) is 0.617. The SMILES string of the molecule is CC(=O)Nc1ccc(Cl)c(C(=O)N2CCN(c3cc(C)ccn3)CC2)c1. The molecule has 6 nitrogen and oxygen atoms in total. The maximum absolute atomic E-state index is 12.9. The van der Waals surface area contributed by atoms with Crippen LogP contribution in [0.4, 0.5) is 11.5 Å². The van der Waals surface area contributed by atoms with Crippen LogP contribution in [0.5, 0.6) is 0 Å². The van der Waals surface area contributed by atoms with Crippen LogP contribution in [0.15, 0.2) is 36.5 Å². The molecule has 0 unspecified atom stereocenters. The number of halogens is 1. The lowest BCUT2D eigenvalue weighted by Crippen LogP contribution is -2.49. The lowest BCUT2D eigenvalue weighted by atomic mass is 10.1. The van der Waals surface area contributed by atoms with Crippen molar-refractivity contribution in [2.75, 3.05) is 36.4 Å². The molecule has 0 aliphatic carbocycles. The minimum Gasteiger partial charge on any atom is -0.353 e. The van der Waals surface area contributed by atoms with Crippen molar-refractivity contribution in [3.8, 4) is 0 Å². The van der Waals surface area contributed by atoms with Crippen LogP contribution in [0.2, 0.25) is 5.02 Å². The summed E-state index contributed by atoms with van der Waals surface area (Å²) in [6, 6.07) is 8.95. The molecule has 2 amide bonds. The number of amides is 2. The Bertz CT molecular complexity index is 832. The molecule has 136 valence electrons. The van der Waals surface area contributed by atoms with Gasteiger partial charge in [0.1, 0.15) is 5.82 Å². The summed E-state index contributed by atoms with van der Waals surface area (Å²) in [4.78, 5) is 32.4. The molecule has 2 aromatic rings.